The Balaban J connectivity index is 2.11. The van der Waals surface area contributed by atoms with Gasteiger partial charge in [0.25, 0.3) is 0 Å². The Morgan fingerprint density at radius 3 is 2.69 bits per heavy atom. The van der Waals surface area contributed by atoms with Crippen molar-refractivity contribution in [1.82, 2.24) is 0 Å². The summed E-state index contributed by atoms with van der Waals surface area (Å²) in [5.74, 6) is 0. The third-order valence-corrected chi connectivity index (χ3v) is 2.82. The molecule has 1 aliphatic rings. The summed E-state index contributed by atoms with van der Waals surface area (Å²) < 4.78 is 5.16. The average molecular weight is 241 g/mol. The Labute approximate surface area is 98.9 Å². The summed E-state index contributed by atoms with van der Waals surface area (Å²) >= 11 is 5.78. The van der Waals surface area contributed by atoms with Gasteiger partial charge < -0.3 is 10.5 Å². The summed E-state index contributed by atoms with van der Waals surface area (Å²) in [6, 6.07) is 7.09. The zero-order valence-corrected chi connectivity index (χ0v) is 9.48. The number of rotatable bonds is 2. The predicted octanol–water partition coefficient (Wildman–Crippen LogP) is 2.01. The fourth-order valence-corrected chi connectivity index (χ4v) is 1.78. The van der Waals surface area contributed by atoms with Crippen LogP contribution in [0.2, 0.25) is 5.02 Å². The van der Waals surface area contributed by atoms with Crippen LogP contribution in [-0.2, 0) is 4.74 Å². The summed E-state index contributed by atoms with van der Waals surface area (Å²) in [6.45, 7) is 1.00. The van der Waals surface area contributed by atoms with Crippen molar-refractivity contribution in [3.63, 3.8) is 0 Å². The van der Waals surface area contributed by atoms with Gasteiger partial charge in [0.15, 0.2) is 0 Å². The van der Waals surface area contributed by atoms with Crippen LogP contribution < -0.4 is 10.6 Å². The first-order valence-electron chi connectivity index (χ1n) is 5.14. The fraction of sp³-hybridized carbons (Fsp3) is 0.364. The van der Waals surface area contributed by atoms with Crippen molar-refractivity contribution in [2.24, 2.45) is 5.73 Å². The topological polar surface area (TPSA) is 55.6 Å². The van der Waals surface area contributed by atoms with Crippen LogP contribution in [0.3, 0.4) is 0 Å². The number of nitrogens with zero attached hydrogens (tertiary/aromatic N) is 1. The molecule has 1 unspecified atom stereocenters. The number of anilines is 1. The molecule has 16 heavy (non-hydrogen) atoms. The van der Waals surface area contributed by atoms with E-state index in [0.717, 1.165) is 12.1 Å². The minimum atomic E-state index is -0.343. The zero-order valence-electron chi connectivity index (χ0n) is 8.73. The molecule has 1 fully saturated rings. The van der Waals surface area contributed by atoms with E-state index < -0.39 is 0 Å². The lowest BCUT2D eigenvalue weighted by Crippen LogP contribution is -2.44. The highest BCUT2D eigenvalue weighted by molar-refractivity contribution is 6.30. The number of halogens is 1. The molecule has 1 aromatic carbocycles. The van der Waals surface area contributed by atoms with Gasteiger partial charge in [0, 0.05) is 30.2 Å². The molecule has 1 atom stereocenters. The number of carbonyl (C=O) groups excluding carboxylic acids is 1. The molecule has 0 radical (unpaired) electrons. The number of cyclic esters (lactones) is 1. The van der Waals surface area contributed by atoms with E-state index in [9.17, 15) is 4.79 Å². The summed E-state index contributed by atoms with van der Waals surface area (Å²) in [7, 11) is 0. The number of benzene rings is 1. The molecule has 2 N–H and O–H groups in total. The smallest absolute Gasteiger partial charge is 0.414 e. The molecule has 1 saturated heterocycles. The quantitative estimate of drug-likeness (QED) is 0.861. The van der Waals surface area contributed by atoms with Crippen LogP contribution in [0.5, 0.6) is 0 Å². The minimum absolute atomic E-state index is 0.156. The summed E-state index contributed by atoms with van der Waals surface area (Å²) in [5, 5.41) is 0.647. The molecule has 0 saturated carbocycles. The maximum atomic E-state index is 11.7. The molecule has 0 aromatic heterocycles. The van der Waals surface area contributed by atoms with Gasteiger partial charge in [-0.05, 0) is 24.3 Å². The first-order chi connectivity index (χ1) is 7.70. The summed E-state index contributed by atoms with van der Waals surface area (Å²) in [6.07, 6.45) is 0.255. The average Bonchev–Trinajstić information content (AvgIpc) is 2.30. The highest BCUT2D eigenvalue weighted by Crippen LogP contribution is 2.22. The van der Waals surface area contributed by atoms with E-state index in [1.165, 1.54) is 0 Å². The van der Waals surface area contributed by atoms with E-state index in [0.29, 0.717) is 18.1 Å². The lowest BCUT2D eigenvalue weighted by atomic mass is 10.2. The molecule has 1 amide bonds. The third kappa shape index (κ3) is 2.28. The van der Waals surface area contributed by atoms with E-state index in [4.69, 9.17) is 22.1 Å². The van der Waals surface area contributed by atoms with Gasteiger partial charge in [0.1, 0.15) is 6.10 Å². The van der Waals surface area contributed by atoms with E-state index >= 15 is 0 Å². The molecule has 0 spiro atoms. The van der Waals surface area contributed by atoms with Crippen molar-refractivity contribution < 1.29 is 9.53 Å². The molecule has 0 bridgehead atoms. The Morgan fingerprint density at radius 1 is 1.44 bits per heavy atom. The second-order valence-corrected chi connectivity index (χ2v) is 4.09. The van der Waals surface area contributed by atoms with Crippen molar-refractivity contribution in [1.29, 1.82) is 0 Å². The van der Waals surface area contributed by atoms with Gasteiger partial charge in [-0.25, -0.2) is 4.79 Å². The normalized spacial score (nSPS) is 20.8. The largest absolute Gasteiger partial charge is 0.444 e. The van der Waals surface area contributed by atoms with Crippen molar-refractivity contribution in [3.8, 4) is 0 Å². The fourth-order valence-electron chi connectivity index (χ4n) is 1.65. The van der Waals surface area contributed by atoms with Crippen LogP contribution >= 0.6 is 11.6 Å². The van der Waals surface area contributed by atoms with Gasteiger partial charge in [0.05, 0.1) is 0 Å². The number of amides is 1. The first-order valence-corrected chi connectivity index (χ1v) is 5.52. The van der Waals surface area contributed by atoms with E-state index in [1.54, 1.807) is 29.2 Å². The molecule has 2 rings (SSSR count). The van der Waals surface area contributed by atoms with Crippen LogP contribution in [0.25, 0.3) is 0 Å². The van der Waals surface area contributed by atoms with Gasteiger partial charge >= 0.3 is 6.09 Å². The third-order valence-electron chi connectivity index (χ3n) is 2.56. The van der Waals surface area contributed by atoms with Crippen molar-refractivity contribution >= 4 is 23.4 Å². The van der Waals surface area contributed by atoms with Gasteiger partial charge in [-0.1, -0.05) is 11.6 Å². The predicted molar refractivity (Wildman–Crippen MR) is 62.7 cm³/mol. The second kappa shape index (κ2) is 4.72. The second-order valence-electron chi connectivity index (χ2n) is 3.66. The van der Waals surface area contributed by atoms with Gasteiger partial charge in [-0.3, -0.25) is 4.90 Å². The summed E-state index contributed by atoms with van der Waals surface area (Å²) in [5.41, 5.74) is 6.25. The molecule has 0 aliphatic carbocycles. The first kappa shape index (κ1) is 11.2. The Kier molecular flexibility index (Phi) is 3.31. The Morgan fingerprint density at radius 2 is 2.12 bits per heavy atom. The SMILES string of the molecule is NCC1CCN(c2ccc(Cl)cc2)C(=O)O1. The van der Waals surface area contributed by atoms with Crippen LogP contribution in [-0.4, -0.2) is 25.3 Å². The Bertz CT molecular complexity index is 380. The number of nitrogens with two attached hydrogens (primary N) is 1. The van der Waals surface area contributed by atoms with Gasteiger partial charge in [-0.2, -0.15) is 0 Å². The highest BCUT2D eigenvalue weighted by Gasteiger charge is 2.27. The Hall–Kier alpha value is -1.26. The van der Waals surface area contributed by atoms with Gasteiger partial charge in [-0.15, -0.1) is 0 Å². The van der Waals surface area contributed by atoms with Crippen LogP contribution in [0.15, 0.2) is 24.3 Å². The van der Waals surface area contributed by atoms with E-state index in [2.05, 4.69) is 0 Å². The number of hydrogen-bond donors (Lipinski definition) is 1. The molecule has 1 heterocycles. The maximum Gasteiger partial charge on any atom is 0.414 e. The van der Waals surface area contributed by atoms with Crippen molar-refractivity contribution in [3.05, 3.63) is 29.3 Å². The van der Waals surface area contributed by atoms with Crippen LogP contribution in [0, 0.1) is 0 Å². The molecular weight excluding hydrogens is 228 g/mol. The highest BCUT2D eigenvalue weighted by atomic mass is 35.5. The van der Waals surface area contributed by atoms with E-state index in [1.807, 2.05) is 0 Å². The monoisotopic (exact) mass is 240 g/mol. The molecular formula is C11H13ClN2O2. The molecule has 5 heteroatoms. The number of carbonyl (C=O) groups is 1. The van der Waals surface area contributed by atoms with Gasteiger partial charge in [0.2, 0.25) is 0 Å². The molecule has 1 aromatic rings. The lowest BCUT2D eigenvalue weighted by Gasteiger charge is -2.31. The van der Waals surface area contributed by atoms with Crippen LogP contribution in [0.4, 0.5) is 10.5 Å². The maximum absolute atomic E-state index is 11.7. The molecule has 86 valence electrons. The minimum Gasteiger partial charge on any atom is -0.444 e. The number of hydrogen-bond acceptors (Lipinski definition) is 3. The molecule has 4 nitrogen and oxygen atoms in total. The summed E-state index contributed by atoms with van der Waals surface area (Å²) in [4.78, 5) is 13.2. The standard InChI is InChI=1S/C11H13ClN2O2/c12-8-1-3-9(4-2-8)14-6-5-10(7-13)16-11(14)15/h1-4,10H,5-7,13H2. The lowest BCUT2D eigenvalue weighted by molar-refractivity contribution is 0.0888. The zero-order chi connectivity index (χ0) is 11.5. The van der Waals surface area contributed by atoms with E-state index in [-0.39, 0.29) is 12.2 Å². The van der Waals surface area contributed by atoms with Crippen molar-refractivity contribution in [2.75, 3.05) is 18.0 Å². The van der Waals surface area contributed by atoms with Crippen molar-refractivity contribution in [2.45, 2.75) is 12.5 Å². The van der Waals surface area contributed by atoms with Crippen LogP contribution in [0.1, 0.15) is 6.42 Å². The molecule has 1 aliphatic heterocycles. The number of ether oxygens (including phenoxy) is 1.